The average molecular weight is 312 g/mol. The highest BCUT2D eigenvalue weighted by molar-refractivity contribution is 7.16. The Kier molecular flexibility index (Phi) is 3.18. The lowest BCUT2D eigenvalue weighted by atomic mass is 10.1. The molecule has 112 valence electrons. The summed E-state index contributed by atoms with van der Waals surface area (Å²) in [6.07, 6.45) is 3.29. The molecule has 0 saturated carbocycles. The zero-order chi connectivity index (χ0) is 15.1. The van der Waals surface area contributed by atoms with Crippen LogP contribution in [0.1, 0.15) is 30.3 Å². The van der Waals surface area contributed by atoms with Crippen molar-refractivity contribution in [2.45, 2.75) is 33.1 Å². The van der Waals surface area contributed by atoms with E-state index >= 15 is 0 Å². The van der Waals surface area contributed by atoms with Gasteiger partial charge in [-0.05, 0) is 19.4 Å². The summed E-state index contributed by atoms with van der Waals surface area (Å²) in [6, 6.07) is 8.02. The molecule has 0 radical (unpaired) electrons. The smallest absolute Gasteiger partial charge is 0.235 e. The molecule has 3 aromatic heterocycles. The minimum atomic E-state index is 0.683. The van der Waals surface area contributed by atoms with Gasteiger partial charge in [0.1, 0.15) is 10.6 Å². The van der Waals surface area contributed by atoms with Gasteiger partial charge in [-0.2, -0.15) is 9.61 Å². The summed E-state index contributed by atoms with van der Waals surface area (Å²) >= 11 is 1.60. The van der Waals surface area contributed by atoms with Crippen LogP contribution in [-0.4, -0.2) is 19.8 Å². The molecule has 4 rings (SSSR count). The third-order valence-corrected chi connectivity index (χ3v) is 4.78. The van der Waals surface area contributed by atoms with Gasteiger partial charge in [0.2, 0.25) is 10.8 Å². The van der Waals surface area contributed by atoms with Crippen molar-refractivity contribution in [1.29, 1.82) is 0 Å². The molecule has 0 fully saturated rings. The summed E-state index contributed by atoms with van der Waals surface area (Å²) in [5.74, 6) is 1.43. The number of nitrogens with zero attached hydrogens (tertiary/aromatic N) is 4. The Morgan fingerprint density at radius 3 is 2.91 bits per heavy atom. The number of aromatic nitrogens is 4. The van der Waals surface area contributed by atoms with Crippen LogP contribution < -0.4 is 0 Å². The lowest BCUT2D eigenvalue weighted by Gasteiger charge is -1.94. The first-order valence-corrected chi connectivity index (χ1v) is 8.29. The lowest BCUT2D eigenvalue weighted by molar-refractivity contribution is 0.618. The molecule has 0 N–H and O–H groups in total. The second-order valence-electron chi connectivity index (χ2n) is 5.37. The molecule has 0 spiro atoms. The summed E-state index contributed by atoms with van der Waals surface area (Å²) in [6.45, 7) is 4.23. The molecule has 0 saturated heterocycles. The first-order chi connectivity index (χ1) is 10.8. The SMILES string of the molecule is CCCCc1nn2c(-c3oc4ccccc4c3C)nnc2s1. The van der Waals surface area contributed by atoms with Gasteiger partial charge in [-0.1, -0.05) is 42.9 Å². The Morgan fingerprint density at radius 1 is 1.23 bits per heavy atom. The number of rotatable bonds is 4. The number of benzene rings is 1. The van der Waals surface area contributed by atoms with Crippen molar-refractivity contribution >= 4 is 27.3 Å². The Balaban J connectivity index is 1.85. The maximum atomic E-state index is 5.98. The minimum Gasteiger partial charge on any atom is -0.452 e. The average Bonchev–Trinajstić information content (AvgIpc) is 3.18. The van der Waals surface area contributed by atoms with E-state index in [2.05, 4.69) is 28.3 Å². The number of fused-ring (bicyclic) bond motifs is 2. The number of unbranched alkanes of at least 4 members (excludes halogenated alkanes) is 1. The van der Waals surface area contributed by atoms with Gasteiger partial charge in [0, 0.05) is 17.4 Å². The zero-order valence-electron chi connectivity index (χ0n) is 12.5. The molecule has 4 aromatic rings. The predicted octanol–water partition coefficient (Wildman–Crippen LogP) is 4.25. The second kappa shape index (κ2) is 5.21. The van der Waals surface area contributed by atoms with E-state index in [9.17, 15) is 0 Å². The van der Waals surface area contributed by atoms with E-state index < -0.39 is 0 Å². The van der Waals surface area contributed by atoms with Crippen molar-refractivity contribution in [3.63, 3.8) is 0 Å². The fourth-order valence-electron chi connectivity index (χ4n) is 2.61. The molecule has 0 aliphatic heterocycles. The van der Waals surface area contributed by atoms with Crippen LogP contribution in [-0.2, 0) is 6.42 Å². The molecule has 3 heterocycles. The Morgan fingerprint density at radius 2 is 2.09 bits per heavy atom. The largest absolute Gasteiger partial charge is 0.452 e. The van der Waals surface area contributed by atoms with Crippen molar-refractivity contribution in [1.82, 2.24) is 19.8 Å². The van der Waals surface area contributed by atoms with Gasteiger partial charge >= 0.3 is 0 Å². The van der Waals surface area contributed by atoms with Gasteiger partial charge in [0.05, 0.1) is 0 Å². The van der Waals surface area contributed by atoms with E-state index in [4.69, 9.17) is 4.42 Å². The van der Waals surface area contributed by atoms with Crippen LogP contribution in [0.2, 0.25) is 0 Å². The Bertz CT molecular complexity index is 950. The van der Waals surface area contributed by atoms with Crippen LogP contribution in [0.15, 0.2) is 28.7 Å². The maximum Gasteiger partial charge on any atom is 0.235 e. The molecule has 0 atom stereocenters. The lowest BCUT2D eigenvalue weighted by Crippen LogP contribution is -1.92. The first kappa shape index (κ1) is 13.5. The molecule has 0 aliphatic rings. The van der Waals surface area contributed by atoms with Gasteiger partial charge in [-0.3, -0.25) is 0 Å². The quantitative estimate of drug-likeness (QED) is 0.565. The topological polar surface area (TPSA) is 56.2 Å². The highest BCUT2D eigenvalue weighted by Crippen LogP contribution is 2.32. The highest BCUT2D eigenvalue weighted by atomic mass is 32.1. The molecule has 0 amide bonds. The van der Waals surface area contributed by atoms with Crippen LogP contribution in [0.3, 0.4) is 0 Å². The number of hydrogen-bond acceptors (Lipinski definition) is 5. The van der Waals surface area contributed by atoms with Crippen LogP contribution >= 0.6 is 11.3 Å². The van der Waals surface area contributed by atoms with Gasteiger partial charge in [0.15, 0.2) is 5.76 Å². The van der Waals surface area contributed by atoms with Crippen molar-refractivity contribution < 1.29 is 4.42 Å². The van der Waals surface area contributed by atoms with Crippen LogP contribution in [0, 0.1) is 6.92 Å². The van der Waals surface area contributed by atoms with E-state index in [1.165, 1.54) is 0 Å². The second-order valence-corrected chi connectivity index (χ2v) is 6.41. The summed E-state index contributed by atoms with van der Waals surface area (Å²) in [4.78, 5) is 0.820. The van der Waals surface area contributed by atoms with Gasteiger partial charge in [0.25, 0.3) is 0 Å². The van der Waals surface area contributed by atoms with Crippen molar-refractivity contribution in [3.8, 4) is 11.6 Å². The molecule has 0 bridgehead atoms. The van der Waals surface area contributed by atoms with Gasteiger partial charge in [-0.15, -0.1) is 10.2 Å². The molecule has 0 unspecified atom stereocenters. The van der Waals surface area contributed by atoms with Gasteiger partial charge < -0.3 is 4.42 Å². The minimum absolute atomic E-state index is 0.683. The summed E-state index contributed by atoms with van der Waals surface area (Å²) in [5.41, 5.74) is 1.95. The monoisotopic (exact) mass is 312 g/mol. The molecular weight excluding hydrogens is 296 g/mol. The fraction of sp³-hybridized carbons (Fsp3) is 0.312. The van der Waals surface area contributed by atoms with Crippen LogP contribution in [0.4, 0.5) is 0 Å². The Labute approximate surface area is 131 Å². The zero-order valence-corrected chi connectivity index (χ0v) is 13.4. The molecular formula is C16H16N4OS. The molecule has 1 aromatic carbocycles. The number of para-hydroxylation sites is 1. The predicted molar refractivity (Wildman–Crippen MR) is 87.2 cm³/mol. The van der Waals surface area contributed by atoms with Crippen molar-refractivity contribution in [3.05, 3.63) is 34.8 Å². The first-order valence-electron chi connectivity index (χ1n) is 7.47. The third kappa shape index (κ3) is 2.02. The van der Waals surface area contributed by atoms with Crippen LogP contribution in [0.5, 0.6) is 0 Å². The van der Waals surface area contributed by atoms with E-state index in [0.717, 1.165) is 51.5 Å². The van der Waals surface area contributed by atoms with E-state index in [1.807, 2.05) is 25.1 Å². The van der Waals surface area contributed by atoms with Crippen molar-refractivity contribution in [2.24, 2.45) is 0 Å². The van der Waals surface area contributed by atoms with E-state index in [1.54, 1.807) is 15.9 Å². The van der Waals surface area contributed by atoms with E-state index in [-0.39, 0.29) is 0 Å². The number of furan rings is 1. The summed E-state index contributed by atoms with van der Waals surface area (Å²) in [7, 11) is 0. The standard InChI is InChI=1S/C16H16N4OS/c1-3-4-9-13-19-20-15(17-18-16(20)22-13)14-10(2)11-7-5-6-8-12(11)21-14/h5-8H,3-4,9H2,1-2H3. The highest BCUT2D eigenvalue weighted by Gasteiger charge is 2.20. The summed E-state index contributed by atoms with van der Waals surface area (Å²) in [5, 5.41) is 15.4. The molecule has 5 nitrogen and oxygen atoms in total. The molecule has 0 aliphatic carbocycles. The fourth-order valence-corrected chi connectivity index (χ4v) is 3.49. The normalized spacial score (nSPS) is 11.7. The third-order valence-electron chi connectivity index (χ3n) is 3.82. The van der Waals surface area contributed by atoms with Crippen LogP contribution in [0.25, 0.3) is 27.5 Å². The number of hydrogen-bond donors (Lipinski definition) is 0. The van der Waals surface area contributed by atoms with Crippen molar-refractivity contribution in [2.75, 3.05) is 0 Å². The summed E-state index contributed by atoms with van der Waals surface area (Å²) < 4.78 is 7.79. The van der Waals surface area contributed by atoms with E-state index in [0.29, 0.717) is 5.82 Å². The molecule has 22 heavy (non-hydrogen) atoms. The van der Waals surface area contributed by atoms with Gasteiger partial charge in [-0.25, -0.2) is 0 Å². The molecule has 6 heteroatoms. The maximum absolute atomic E-state index is 5.98. The number of aryl methyl sites for hydroxylation is 2. The Hall–Kier alpha value is -2.21.